The highest BCUT2D eigenvalue weighted by Crippen LogP contribution is 2.39. The summed E-state index contributed by atoms with van der Waals surface area (Å²) in [6.45, 7) is 8.65. The third kappa shape index (κ3) is 3.02. The Balaban J connectivity index is 1.40. The Hall–Kier alpha value is -1.06. The molecule has 0 aliphatic carbocycles. The molecule has 0 radical (unpaired) electrons. The van der Waals surface area contributed by atoms with Gasteiger partial charge in [0.05, 0.1) is 0 Å². The Morgan fingerprint density at radius 2 is 1.82 bits per heavy atom. The molecule has 0 unspecified atom stereocenters. The first kappa shape index (κ1) is 14.5. The average Bonchev–Trinajstić information content (AvgIpc) is 3.20. The molecule has 0 aromatic heterocycles. The lowest BCUT2D eigenvalue weighted by molar-refractivity contribution is 0.194. The molecule has 3 nitrogen and oxygen atoms in total. The topological polar surface area (TPSA) is 18.5 Å². The van der Waals surface area contributed by atoms with Crippen molar-refractivity contribution in [3.8, 4) is 0 Å². The molecule has 22 heavy (non-hydrogen) atoms. The molecular formula is C19H29N3. The molecule has 3 fully saturated rings. The Bertz CT molecular complexity index is 501. The van der Waals surface area contributed by atoms with Gasteiger partial charge in [-0.15, -0.1) is 0 Å². The molecule has 1 aromatic carbocycles. The van der Waals surface area contributed by atoms with Crippen molar-refractivity contribution in [2.24, 2.45) is 5.41 Å². The molecule has 0 amide bonds. The lowest BCUT2D eigenvalue weighted by Gasteiger charge is -2.34. The molecule has 3 aliphatic rings. The number of likely N-dealkylation sites (tertiary alicyclic amines) is 1. The van der Waals surface area contributed by atoms with Gasteiger partial charge in [0.2, 0.25) is 0 Å². The Morgan fingerprint density at radius 3 is 2.64 bits per heavy atom. The lowest BCUT2D eigenvalue weighted by Crippen LogP contribution is -2.38. The number of nitrogens with zero attached hydrogens (tertiary/aromatic N) is 2. The second-order valence-electron chi connectivity index (χ2n) is 7.57. The van der Waals surface area contributed by atoms with Gasteiger partial charge < -0.3 is 10.2 Å². The van der Waals surface area contributed by atoms with Gasteiger partial charge in [-0.1, -0.05) is 12.1 Å². The van der Waals surface area contributed by atoms with Gasteiger partial charge in [-0.05, 0) is 74.8 Å². The van der Waals surface area contributed by atoms with Crippen LogP contribution in [0, 0.1) is 5.41 Å². The van der Waals surface area contributed by atoms with Gasteiger partial charge in [0.25, 0.3) is 0 Å². The fraction of sp³-hybridized carbons (Fsp3) is 0.684. The van der Waals surface area contributed by atoms with Gasteiger partial charge in [0, 0.05) is 31.9 Å². The van der Waals surface area contributed by atoms with Crippen LogP contribution in [0.5, 0.6) is 0 Å². The van der Waals surface area contributed by atoms with Crippen LogP contribution in [-0.4, -0.2) is 44.2 Å². The van der Waals surface area contributed by atoms with E-state index in [0.29, 0.717) is 5.41 Å². The van der Waals surface area contributed by atoms with E-state index in [1.807, 2.05) is 0 Å². The Labute approximate surface area is 134 Å². The fourth-order valence-corrected chi connectivity index (χ4v) is 4.61. The molecule has 4 rings (SSSR count). The fourth-order valence-electron chi connectivity index (χ4n) is 4.61. The molecule has 1 spiro atoms. The minimum atomic E-state index is 0.623. The number of hydrogen-bond acceptors (Lipinski definition) is 3. The monoisotopic (exact) mass is 299 g/mol. The van der Waals surface area contributed by atoms with Crippen LogP contribution in [0.25, 0.3) is 0 Å². The van der Waals surface area contributed by atoms with E-state index in [-0.39, 0.29) is 0 Å². The van der Waals surface area contributed by atoms with Crippen molar-refractivity contribution in [2.45, 2.75) is 38.6 Å². The molecule has 3 aliphatic heterocycles. The second kappa shape index (κ2) is 6.21. The summed E-state index contributed by atoms with van der Waals surface area (Å²) in [5.74, 6) is 0. The van der Waals surface area contributed by atoms with Crippen molar-refractivity contribution in [3.05, 3.63) is 29.8 Å². The average molecular weight is 299 g/mol. The van der Waals surface area contributed by atoms with Crippen LogP contribution in [0.2, 0.25) is 0 Å². The van der Waals surface area contributed by atoms with Gasteiger partial charge in [0.1, 0.15) is 0 Å². The van der Waals surface area contributed by atoms with Gasteiger partial charge in [-0.3, -0.25) is 4.90 Å². The lowest BCUT2D eigenvalue weighted by atomic mass is 9.78. The summed E-state index contributed by atoms with van der Waals surface area (Å²) in [5, 5.41) is 3.52. The van der Waals surface area contributed by atoms with Crippen molar-refractivity contribution in [2.75, 3.05) is 44.2 Å². The summed E-state index contributed by atoms with van der Waals surface area (Å²) in [6, 6.07) is 9.28. The Morgan fingerprint density at radius 1 is 1.00 bits per heavy atom. The van der Waals surface area contributed by atoms with E-state index in [2.05, 4.69) is 39.4 Å². The highest BCUT2D eigenvalue weighted by atomic mass is 15.2. The first-order chi connectivity index (χ1) is 10.8. The molecule has 0 saturated carbocycles. The Kier molecular flexibility index (Phi) is 4.10. The second-order valence-corrected chi connectivity index (χ2v) is 7.57. The maximum absolute atomic E-state index is 3.52. The largest absolute Gasteiger partial charge is 0.372 e. The summed E-state index contributed by atoms with van der Waals surface area (Å²) in [7, 11) is 0. The van der Waals surface area contributed by atoms with E-state index in [0.717, 1.165) is 6.54 Å². The summed E-state index contributed by atoms with van der Waals surface area (Å²) in [6.07, 6.45) is 6.86. The first-order valence-electron chi connectivity index (χ1n) is 9.10. The first-order valence-corrected chi connectivity index (χ1v) is 9.10. The molecule has 3 heterocycles. The van der Waals surface area contributed by atoms with Crippen LogP contribution >= 0.6 is 0 Å². The van der Waals surface area contributed by atoms with Crippen molar-refractivity contribution in [3.63, 3.8) is 0 Å². The third-order valence-corrected chi connectivity index (χ3v) is 5.97. The zero-order valence-electron chi connectivity index (χ0n) is 13.7. The van der Waals surface area contributed by atoms with Crippen LogP contribution in [0.3, 0.4) is 0 Å². The normalized spacial score (nSPS) is 25.2. The number of benzene rings is 1. The van der Waals surface area contributed by atoms with E-state index in [1.165, 1.54) is 82.6 Å². The van der Waals surface area contributed by atoms with Gasteiger partial charge in [0.15, 0.2) is 0 Å². The maximum Gasteiger partial charge on any atom is 0.0369 e. The SMILES string of the molecule is c1cc(CN2CCC3(CCNCC3)C2)cc(N2CCCC2)c1. The van der Waals surface area contributed by atoms with Crippen LogP contribution in [0.1, 0.15) is 37.7 Å². The standard InChI is InChI=1S/C19H29N3/c1-2-12-22(11-1)18-5-3-4-17(14-18)15-21-13-8-19(16-21)6-9-20-10-7-19/h3-5,14,20H,1-2,6-13,15-16H2. The number of anilines is 1. The molecule has 120 valence electrons. The third-order valence-electron chi connectivity index (χ3n) is 5.97. The summed E-state index contributed by atoms with van der Waals surface area (Å²) >= 11 is 0. The summed E-state index contributed by atoms with van der Waals surface area (Å²) in [4.78, 5) is 5.23. The van der Waals surface area contributed by atoms with Crippen molar-refractivity contribution in [1.82, 2.24) is 10.2 Å². The van der Waals surface area contributed by atoms with E-state index in [9.17, 15) is 0 Å². The minimum absolute atomic E-state index is 0.623. The zero-order chi connectivity index (χ0) is 14.8. The van der Waals surface area contributed by atoms with Crippen LogP contribution in [0.4, 0.5) is 5.69 Å². The van der Waals surface area contributed by atoms with Crippen LogP contribution < -0.4 is 10.2 Å². The van der Waals surface area contributed by atoms with Crippen molar-refractivity contribution in [1.29, 1.82) is 0 Å². The maximum atomic E-state index is 3.52. The number of rotatable bonds is 3. The smallest absolute Gasteiger partial charge is 0.0369 e. The highest BCUT2D eigenvalue weighted by molar-refractivity contribution is 5.49. The van der Waals surface area contributed by atoms with E-state index >= 15 is 0 Å². The molecule has 0 atom stereocenters. The number of piperidine rings is 1. The minimum Gasteiger partial charge on any atom is -0.372 e. The van der Waals surface area contributed by atoms with E-state index < -0.39 is 0 Å². The molecular weight excluding hydrogens is 270 g/mol. The molecule has 1 N–H and O–H groups in total. The number of nitrogens with one attached hydrogen (secondary N) is 1. The quantitative estimate of drug-likeness (QED) is 0.926. The molecule has 0 bridgehead atoms. The van der Waals surface area contributed by atoms with Crippen LogP contribution in [0.15, 0.2) is 24.3 Å². The van der Waals surface area contributed by atoms with E-state index in [1.54, 1.807) is 0 Å². The number of hydrogen-bond donors (Lipinski definition) is 1. The zero-order valence-corrected chi connectivity index (χ0v) is 13.7. The highest BCUT2D eigenvalue weighted by Gasteiger charge is 2.38. The van der Waals surface area contributed by atoms with E-state index in [4.69, 9.17) is 0 Å². The van der Waals surface area contributed by atoms with Crippen molar-refractivity contribution < 1.29 is 0 Å². The molecule has 1 aromatic rings. The van der Waals surface area contributed by atoms with Gasteiger partial charge in [-0.25, -0.2) is 0 Å². The summed E-state index contributed by atoms with van der Waals surface area (Å²) < 4.78 is 0. The summed E-state index contributed by atoms with van der Waals surface area (Å²) in [5.41, 5.74) is 3.55. The molecule has 3 saturated heterocycles. The van der Waals surface area contributed by atoms with Gasteiger partial charge >= 0.3 is 0 Å². The van der Waals surface area contributed by atoms with Crippen molar-refractivity contribution >= 4 is 5.69 Å². The van der Waals surface area contributed by atoms with Crippen LogP contribution in [-0.2, 0) is 6.54 Å². The predicted molar refractivity (Wildman–Crippen MR) is 92.3 cm³/mol. The predicted octanol–water partition coefficient (Wildman–Crippen LogP) is 2.86. The molecule has 3 heteroatoms. The van der Waals surface area contributed by atoms with Gasteiger partial charge in [-0.2, -0.15) is 0 Å².